The minimum atomic E-state index is 0.816. The lowest BCUT2D eigenvalue weighted by Gasteiger charge is -2.00. The lowest BCUT2D eigenvalue weighted by Crippen LogP contribution is -1.86. The Labute approximate surface area is 75.5 Å². The first-order valence-corrected chi connectivity index (χ1v) is 4.56. The topological polar surface area (TPSA) is 26.0 Å². The van der Waals surface area contributed by atoms with Crippen molar-refractivity contribution in [2.45, 2.75) is 0 Å². The van der Waals surface area contributed by atoms with Crippen LogP contribution in [-0.2, 0) is 0 Å². The van der Waals surface area contributed by atoms with Gasteiger partial charge in [0.2, 0.25) is 0 Å². The first-order valence-electron chi connectivity index (χ1n) is 3.68. The van der Waals surface area contributed by atoms with Crippen molar-refractivity contribution in [2.24, 2.45) is 0 Å². The molecule has 0 saturated carbocycles. The Bertz CT molecular complexity index is 365. The summed E-state index contributed by atoms with van der Waals surface area (Å²) < 4.78 is 0. The molecule has 1 radical (unpaired) electrons. The van der Waals surface area contributed by atoms with Crippen LogP contribution in [0, 0.1) is 6.07 Å². The summed E-state index contributed by atoms with van der Waals surface area (Å²) >= 11 is 1.65. The van der Waals surface area contributed by atoms with Crippen molar-refractivity contribution in [3.63, 3.8) is 0 Å². The predicted octanol–water partition coefficient (Wildman–Crippen LogP) is 2.80. The minimum absolute atomic E-state index is 0.816. The van der Waals surface area contributed by atoms with E-state index in [9.17, 15) is 0 Å². The van der Waals surface area contributed by atoms with Gasteiger partial charge in [0.05, 0.1) is 0 Å². The van der Waals surface area contributed by atoms with Crippen LogP contribution in [0.2, 0.25) is 0 Å². The summed E-state index contributed by atoms with van der Waals surface area (Å²) in [5.74, 6) is 0. The monoisotopic (exact) mass is 174 g/mol. The van der Waals surface area contributed by atoms with E-state index >= 15 is 0 Å². The summed E-state index contributed by atoms with van der Waals surface area (Å²) in [6, 6.07) is 12.9. The molecule has 1 nitrogen and oxygen atoms in total. The summed E-state index contributed by atoms with van der Waals surface area (Å²) in [6.07, 6.45) is 0. The van der Waals surface area contributed by atoms with Gasteiger partial charge < -0.3 is 5.73 Å². The number of anilines is 1. The highest BCUT2D eigenvalue weighted by Gasteiger charge is 2.00. The summed E-state index contributed by atoms with van der Waals surface area (Å²) in [7, 11) is 0. The summed E-state index contributed by atoms with van der Waals surface area (Å²) in [6.45, 7) is 0. The lowest BCUT2D eigenvalue weighted by molar-refractivity contribution is 1.67. The van der Waals surface area contributed by atoms with Crippen molar-refractivity contribution >= 4 is 17.0 Å². The van der Waals surface area contributed by atoms with E-state index in [0.29, 0.717) is 0 Å². The van der Waals surface area contributed by atoms with Crippen LogP contribution in [0.25, 0.3) is 10.4 Å². The first-order chi connectivity index (χ1) is 5.88. The molecule has 0 fully saturated rings. The van der Waals surface area contributed by atoms with Crippen LogP contribution in [-0.4, -0.2) is 0 Å². The van der Waals surface area contributed by atoms with E-state index in [2.05, 4.69) is 6.07 Å². The summed E-state index contributed by atoms with van der Waals surface area (Å²) in [5.41, 5.74) is 7.69. The van der Waals surface area contributed by atoms with Crippen LogP contribution < -0.4 is 5.73 Å². The predicted molar refractivity (Wildman–Crippen MR) is 53.0 cm³/mol. The number of benzene rings is 1. The first kappa shape index (κ1) is 7.37. The fourth-order valence-electron chi connectivity index (χ4n) is 1.09. The molecule has 2 aromatic rings. The Balaban J connectivity index is 2.55. The molecule has 2 N–H and O–H groups in total. The van der Waals surface area contributed by atoms with Crippen LogP contribution in [0.4, 0.5) is 5.69 Å². The number of hydrogen-bond acceptors (Lipinski definition) is 2. The quantitative estimate of drug-likeness (QED) is 0.661. The normalized spacial score (nSPS) is 10.0. The largest absolute Gasteiger partial charge is 0.398 e. The molecule has 1 heterocycles. The van der Waals surface area contributed by atoms with Gasteiger partial charge in [0.25, 0.3) is 0 Å². The van der Waals surface area contributed by atoms with Crippen molar-refractivity contribution in [3.05, 3.63) is 41.8 Å². The maximum absolute atomic E-state index is 5.80. The molecule has 2 heteroatoms. The molecule has 2 rings (SSSR count). The molecule has 0 aliphatic carbocycles. The van der Waals surface area contributed by atoms with E-state index in [1.807, 2.05) is 35.7 Å². The third-order valence-electron chi connectivity index (χ3n) is 1.67. The number of rotatable bonds is 1. The van der Waals surface area contributed by atoms with Gasteiger partial charge in [-0.1, -0.05) is 18.2 Å². The van der Waals surface area contributed by atoms with E-state index in [1.165, 1.54) is 0 Å². The number of nitrogens with two attached hydrogens (primary N) is 1. The molecule has 1 aromatic carbocycles. The van der Waals surface area contributed by atoms with E-state index in [0.717, 1.165) is 16.1 Å². The molecule has 0 amide bonds. The minimum Gasteiger partial charge on any atom is -0.398 e. The summed E-state index contributed by atoms with van der Waals surface area (Å²) in [4.78, 5) is 1.10. The molecule has 0 aliphatic heterocycles. The number of nitrogen functional groups attached to an aromatic ring is 1. The highest BCUT2D eigenvalue weighted by atomic mass is 32.1. The fourth-order valence-corrected chi connectivity index (χ4v) is 1.81. The molecule has 1 aromatic heterocycles. The van der Waals surface area contributed by atoms with Crippen molar-refractivity contribution in [3.8, 4) is 10.4 Å². The van der Waals surface area contributed by atoms with Crippen LogP contribution in [0.1, 0.15) is 0 Å². The van der Waals surface area contributed by atoms with Crippen LogP contribution in [0.15, 0.2) is 35.7 Å². The van der Waals surface area contributed by atoms with E-state index < -0.39 is 0 Å². The van der Waals surface area contributed by atoms with Crippen molar-refractivity contribution in [2.75, 3.05) is 5.73 Å². The molecule has 0 saturated heterocycles. The second-order valence-corrected chi connectivity index (χ2v) is 3.40. The zero-order chi connectivity index (χ0) is 8.39. The van der Waals surface area contributed by atoms with Crippen LogP contribution in [0.3, 0.4) is 0 Å². The number of para-hydroxylation sites is 1. The summed E-state index contributed by atoms with van der Waals surface area (Å²) in [5, 5.41) is 2.00. The van der Waals surface area contributed by atoms with Gasteiger partial charge in [0, 0.05) is 22.2 Å². The van der Waals surface area contributed by atoms with Gasteiger partial charge in [-0.2, -0.15) is 0 Å². The van der Waals surface area contributed by atoms with Gasteiger partial charge in [-0.25, -0.2) is 0 Å². The zero-order valence-electron chi connectivity index (χ0n) is 6.45. The third-order valence-corrected chi connectivity index (χ3v) is 2.52. The van der Waals surface area contributed by atoms with Crippen LogP contribution in [0.5, 0.6) is 0 Å². The molecule has 12 heavy (non-hydrogen) atoms. The van der Waals surface area contributed by atoms with E-state index in [1.54, 1.807) is 11.3 Å². The van der Waals surface area contributed by atoms with Gasteiger partial charge in [0.15, 0.2) is 0 Å². The molecule has 0 unspecified atom stereocenters. The molecule has 0 atom stereocenters. The average Bonchev–Trinajstić information content (AvgIpc) is 2.57. The van der Waals surface area contributed by atoms with Crippen molar-refractivity contribution in [1.29, 1.82) is 0 Å². The van der Waals surface area contributed by atoms with Crippen LogP contribution >= 0.6 is 11.3 Å². The third kappa shape index (κ3) is 1.21. The molecule has 0 aliphatic rings. The average molecular weight is 174 g/mol. The maximum Gasteiger partial charge on any atom is 0.0442 e. The van der Waals surface area contributed by atoms with Gasteiger partial charge in [0.1, 0.15) is 0 Å². The van der Waals surface area contributed by atoms with E-state index in [-0.39, 0.29) is 0 Å². The lowest BCUT2D eigenvalue weighted by atomic mass is 10.1. The molecular weight excluding hydrogens is 166 g/mol. The second kappa shape index (κ2) is 2.99. The molecule has 59 valence electrons. The SMILES string of the molecule is Nc1ccccc1-c1[c]ccs1. The number of thiophene rings is 1. The Kier molecular flexibility index (Phi) is 1.84. The fraction of sp³-hybridized carbons (Fsp3) is 0. The molecular formula is C10H8NS. The van der Waals surface area contributed by atoms with Gasteiger partial charge in [-0.3, -0.25) is 0 Å². The molecule has 0 bridgehead atoms. The van der Waals surface area contributed by atoms with Crippen molar-refractivity contribution < 1.29 is 0 Å². The maximum atomic E-state index is 5.80. The molecule has 0 spiro atoms. The Hall–Kier alpha value is -1.28. The van der Waals surface area contributed by atoms with Gasteiger partial charge in [-0.15, -0.1) is 11.3 Å². The highest BCUT2D eigenvalue weighted by molar-refractivity contribution is 7.13. The Morgan fingerprint density at radius 1 is 1.25 bits per heavy atom. The highest BCUT2D eigenvalue weighted by Crippen LogP contribution is 2.28. The zero-order valence-corrected chi connectivity index (χ0v) is 7.27. The van der Waals surface area contributed by atoms with Crippen molar-refractivity contribution in [1.82, 2.24) is 0 Å². The standard InChI is InChI=1S/C10H8NS/c11-9-5-2-1-4-8(9)10-6-3-7-12-10/h1-5,7H,11H2. The smallest absolute Gasteiger partial charge is 0.0442 e. The van der Waals surface area contributed by atoms with Gasteiger partial charge >= 0.3 is 0 Å². The van der Waals surface area contributed by atoms with Gasteiger partial charge in [-0.05, 0) is 17.5 Å². The second-order valence-electron chi connectivity index (χ2n) is 2.48. The Morgan fingerprint density at radius 2 is 2.08 bits per heavy atom. The van der Waals surface area contributed by atoms with E-state index in [4.69, 9.17) is 5.73 Å². The Morgan fingerprint density at radius 3 is 2.75 bits per heavy atom. The number of hydrogen-bond donors (Lipinski definition) is 1.